The lowest BCUT2D eigenvalue weighted by Crippen LogP contribution is -2.30. The summed E-state index contributed by atoms with van der Waals surface area (Å²) in [6, 6.07) is 22.4. The SMILES string of the molecule is Oc1ccc(Cl)cc1N1C(=S)N[C@H](c2ccccn2)[C@@H]1c1cccn1-c1ccc(Br)cc1. The Hall–Kier alpha value is -2.87. The number of phenolic OH excluding ortho intramolecular Hbond substituents is 1. The molecule has 1 fully saturated rings. The fourth-order valence-corrected chi connectivity index (χ4v) is 4.85. The largest absolute Gasteiger partial charge is 0.506 e. The van der Waals surface area contributed by atoms with Gasteiger partial charge in [-0.15, -0.1) is 0 Å². The molecule has 0 spiro atoms. The second-order valence-electron chi connectivity index (χ2n) is 7.41. The molecule has 160 valence electrons. The van der Waals surface area contributed by atoms with E-state index >= 15 is 0 Å². The minimum absolute atomic E-state index is 0.104. The molecule has 1 saturated heterocycles. The number of hydrogen-bond acceptors (Lipinski definition) is 3. The van der Waals surface area contributed by atoms with Crippen LogP contribution in [0.2, 0.25) is 5.02 Å². The maximum absolute atomic E-state index is 10.7. The Labute approximate surface area is 204 Å². The van der Waals surface area contributed by atoms with Crippen LogP contribution in [0.1, 0.15) is 23.5 Å². The molecule has 2 N–H and O–H groups in total. The average molecular weight is 526 g/mol. The van der Waals surface area contributed by atoms with Crippen molar-refractivity contribution in [2.75, 3.05) is 4.90 Å². The highest BCUT2D eigenvalue weighted by atomic mass is 79.9. The van der Waals surface area contributed by atoms with Crippen LogP contribution in [0.4, 0.5) is 5.69 Å². The standard InChI is InChI=1S/C24H18BrClN4OS/c25-15-6-9-17(10-7-15)29-13-3-5-19(29)23-22(18-4-1-2-12-27-18)28-24(32)30(23)20-14-16(26)8-11-21(20)31/h1-14,22-23,31H,(H,28,32)/t22-,23+/m1/s1. The van der Waals surface area contributed by atoms with Crippen LogP contribution in [0.15, 0.2) is 89.7 Å². The van der Waals surface area contributed by atoms with E-state index in [4.69, 9.17) is 23.8 Å². The van der Waals surface area contributed by atoms with E-state index in [9.17, 15) is 5.11 Å². The molecule has 0 bridgehead atoms. The molecule has 4 aromatic rings. The number of rotatable bonds is 4. The van der Waals surface area contributed by atoms with Gasteiger partial charge in [0.15, 0.2) is 5.11 Å². The number of nitrogens with one attached hydrogen (secondary N) is 1. The number of halogens is 2. The molecule has 3 heterocycles. The zero-order valence-electron chi connectivity index (χ0n) is 16.7. The third kappa shape index (κ3) is 3.77. The quantitative estimate of drug-likeness (QED) is 0.312. The maximum Gasteiger partial charge on any atom is 0.174 e. The number of phenols is 1. The van der Waals surface area contributed by atoms with Crippen LogP contribution in [0.3, 0.4) is 0 Å². The Kier molecular flexibility index (Phi) is 5.63. The van der Waals surface area contributed by atoms with Crippen LogP contribution in [-0.4, -0.2) is 19.8 Å². The number of benzene rings is 2. The van der Waals surface area contributed by atoms with E-state index in [0.717, 1.165) is 21.5 Å². The highest BCUT2D eigenvalue weighted by Crippen LogP contribution is 2.45. The van der Waals surface area contributed by atoms with Crippen LogP contribution in [-0.2, 0) is 0 Å². The van der Waals surface area contributed by atoms with Gasteiger partial charge in [0.25, 0.3) is 0 Å². The monoisotopic (exact) mass is 524 g/mol. The predicted molar refractivity (Wildman–Crippen MR) is 135 cm³/mol. The number of aromatic hydroxyl groups is 1. The van der Waals surface area contributed by atoms with Crippen molar-refractivity contribution < 1.29 is 5.11 Å². The Balaban J connectivity index is 1.69. The summed E-state index contributed by atoms with van der Waals surface area (Å²) in [5.74, 6) is 0.104. The van der Waals surface area contributed by atoms with Gasteiger partial charge in [0.05, 0.1) is 17.4 Å². The molecule has 5 nitrogen and oxygen atoms in total. The number of nitrogens with zero attached hydrogens (tertiary/aromatic N) is 3. The molecule has 2 aromatic carbocycles. The van der Waals surface area contributed by atoms with E-state index < -0.39 is 0 Å². The summed E-state index contributed by atoms with van der Waals surface area (Å²) < 4.78 is 3.13. The molecule has 0 aliphatic carbocycles. The fourth-order valence-electron chi connectivity index (χ4n) is 4.08. The van der Waals surface area contributed by atoms with Crippen molar-refractivity contribution in [3.8, 4) is 11.4 Å². The molecule has 2 aromatic heterocycles. The molecule has 0 unspecified atom stereocenters. The fraction of sp³-hybridized carbons (Fsp3) is 0.0833. The van der Waals surface area contributed by atoms with Gasteiger partial charge < -0.3 is 19.9 Å². The summed E-state index contributed by atoms with van der Waals surface area (Å²) in [7, 11) is 0. The highest BCUT2D eigenvalue weighted by molar-refractivity contribution is 9.10. The van der Waals surface area contributed by atoms with Gasteiger partial charge in [0.1, 0.15) is 11.8 Å². The Morgan fingerprint density at radius 2 is 1.84 bits per heavy atom. The van der Waals surface area contributed by atoms with Gasteiger partial charge in [-0.2, -0.15) is 0 Å². The number of thiocarbonyl (C=S) groups is 1. The molecule has 0 radical (unpaired) electrons. The van der Waals surface area contributed by atoms with Crippen molar-refractivity contribution in [3.63, 3.8) is 0 Å². The normalized spacial score (nSPS) is 18.1. The van der Waals surface area contributed by atoms with Gasteiger partial charge in [-0.25, -0.2) is 0 Å². The molecule has 1 aliphatic heterocycles. The minimum atomic E-state index is -0.277. The predicted octanol–water partition coefficient (Wildman–Crippen LogP) is 6.17. The highest BCUT2D eigenvalue weighted by Gasteiger charge is 2.43. The third-order valence-electron chi connectivity index (χ3n) is 5.48. The van der Waals surface area contributed by atoms with Gasteiger partial charge in [0, 0.05) is 33.3 Å². The second-order valence-corrected chi connectivity index (χ2v) is 9.15. The van der Waals surface area contributed by atoms with Gasteiger partial charge in [-0.1, -0.05) is 33.6 Å². The Morgan fingerprint density at radius 3 is 2.59 bits per heavy atom. The van der Waals surface area contributed by atoms with Crippen LogP contribution < -0.4 is 10.2 Å². The number of anilines is 1. The van der Waals surface area contributed by atoms with Crippen molar-refractivity contribution in [2.24, 2.45) is 0 Å². The zero-order valence-corrected chi connectivity index (χ0v) is 19.8. The first kappa shape index (κ1) is 21.0. The van der Waals surface area contributed by atoms with Gasteiger partial charge in [0.2, 0.25) is 0 Å². The van der Waals surface area contributed by atoms with Crippen molar-refractivity contribution >= 4 is 50.5 Å². The molecule has 1 aliphatic rings. The van der Waals surface area contributed by atoms with Gasteiger partial charge >= 0.3 is 0 Å². The lowest BCUT2D eigenvalue weighted by atomic mass is 10.0. The number of hydrogen-bond donors (Lipinski definition) is 2. The molecule has 5 rings (SSSR count). The van der Waals surface area contributed by atoms with Gasteiger partial charge in [-0.05, 0) is 78.9 Å². The van der Waals surface area contributed by atoms with Crippen molar-refractivity contribution in [1.29, 1.82) is 0 Å². The second kappa shape index (κ2) is 8.58. The van der Waals surface area contributed by atoms with Crippen LogP contribution in [0.25, 0.3) is 5.69 Å². The van der Waals surface area contributed by atoms with E-state index in [-0.39, 0.29) is 17.8 Å². The molecule has 0 amide bonds. The summed E-state index contributed by atoms with van der Waals surface area (Å²) in [5.41, 5.74) is 3.41. The summed E-state index contributed by atoms with van der Waals surface area (Å²) in [5, 5.41) is 15.1. The van der Waals surface area contributed by atoms with E-state index in [1.807, 2.05) is 59.6 Å². The van der Waals surface area contributed by atoms with Crippen molar-refractivity contribution in [2.45, 2.75) is 12.1 Å². The summed E-state index contributed by atoms with van der Waals surface area (Å²) in [6.45, 7) is 0. The zero-order chi connectivity index (χ0) is 22.2. The Bertz CT molecular complexity index is 1280. The van der Waals surface area contributed by atoms with Gasteiger partial charge in [-0.3, -0.25) is 4.98 Å². The van der Waals surface area contributed by atoms with Crippen LogP contribution >= 0.6 is 39.7 Å². The summed E-state index contributed by atoms with van der Waals surface area (Å²) >= 11 is 15.5. The number of pyridine rings is 1. The third-order valence-corrected chi connectivity index (χ3v) is 6.56. The molecular weight excluding hydrogens is 508 g/mol. The lowest BCUT2D eigenvalue weighted by molar-refractivity contribution is 0.472. The Morgan fingerprint density at radius 1 is 1.03 bits per heavy atom. The average Bonchev–Trinajstić information content (AvgIpc) is 3.41. The summed E-state index contributed by atoms with van der Waals surface area (Å²) in [4.78, 5) is 6.50. The molecular formula is C24H18BrClN4OS. The van der Waals surface area contributed by atoms with Crippen LogP contribution in [0.5, 0.6) is 5.75 Å². The molecule has 0 saturated carbocycles. The van der Waals surface area contributed by atoms with E-state index in [1.54, 1.807) is 24.4 Å². The first-order valence-electron chi connectivity index (χ1n) is 9.95. The first-order valence-corrected chi connectivity index (χ1v) is 11.5. The first-order chi connectivity index (χ1) is 15.5. The van der Waals surface area contributed by atoms with Crippen molar-refractivity contribution in [3.05, 3.63) is 106 Å². The number of aromatic nitrogens is 2. The maximum atomic E-state index is 10.7. The van der Waals surface area contributed by atoms with Crippen LogP contribution in [0, 0.1) is 0 Å². The van der Waals surface area contributed by atoms with E-state index in [1.165, 1.54) is 0 Å². The lowest BCUT2D eigenvalue weighted by Gasteiger charge is -2.29. The molecule has 8 heteroatoms. The smallest absolute Gasteiger partial charge is 0.174 e. The minimum Gasteiger partial charge on any atom is -0.506 e. The summed E-state index contributed by atoms with van der Waals surface area (Å²) in [6.07, 6.45) is 3.79. The van der Waals surface area contributed by atoms with E-state index in [0.29, 0.717) is 15.8 Å². The molecule has 2 atom stereocenters. The van der Waals surface area contributed by atoms with E-state index in [2.05, 4.69) is 36.9 Å². The topological polar surface area (TPSA) is 53.3 Å². The van der Waals surface area contributed by atoms with Crippen molar-refractivity contribution in [1.82, 2.24) is 14.9 Å². The molecule has 32 heavy (non-hydrogen) atoms.